The van der Waals surface area contributed by atoms with E-state index in [1.54, 1.807) is 19.3 Å². The monoisotopic (exact) mass is 556 g/mol. The zero-order valence-electron chi connectivity index (χ0n) is 22.7. The molecule has 3 aromatic heterocycles. The van der Waals surface area contributed by atoms with Crippen LogP contribution < -0.4 is 5.69 Å². The molecule has 0 amide bonds. The number of aryl methyl sites for hydroxylation is 1. The highest BCUT2D eigenvalue weighted by atomic mass is 19.4. The molecule has 1 saturated carbocycles. The third-order valence-electron chi connectivity index (χ3n) is 8.64. The van der Waals surface area contributed by atoms with Crippen LogP contribution in [-0.2, 0) is 25.2 Å². The summed E-state index contributed by atoms with van der Waals surface area (Å²) in [5, 5.41) is 8.43. The first kappa shape index (κ1) is 26.7. The first-order valence-corrected chi connectivity index (χ1v) is 13.6. The average molecular weight is 557 g/mol. The van der Waals surface area contributed by atoms with Crippen LogP contribution in [0.15, 0.2) is 53.8 Å². The molecule has 1 saturated heterocycles. The van der Waals surface area contributed by atoms with Gasteiger partial charge in [-0.05, 0) is 67.9 Å². The number of aromatic nitrogens is 5. The van der Waals surface area contributed by atoms with E-state index < -0.39 is 23.1 Å². The molecule has 212 valence electrons. The zero-order chi connectivity index (χ0) is 28.4. The summed E-state index contributed by atoms with van der Waals surface area (Å²) in [6.45, 7) is 4.82. The Labute approximate surface area is 229 Å². The summed E-state index contributed by atoms with van der Waals surface area (Å²) in [6.07, 6.45) is 2.10. The first-order chi connectivity index (χ1) is 18.9. The largest absolute Gasteiger partial charge is 0.418 e. The summed E-state index contributed by atoms with van der Waals surface area (Å²) in [5.41, 5.74) is -1.50. The van der Waals surface area contributed by atoms with Gasteiger partial charge < -0.3 is 4.57 Å². The maximum atomic E-state index is 14.2. The van der Waals surface area contributed by atoms with E-state index in [-0.39, 0.29) is 17.5 Å². The van der Waals surface area contributed by atoms with Crippen molar-refractivity contribution in [2.24, 2.45) is 13.0 Å². The number of fused-ring (bicyclic) bond motifs is 1. The Morgan fingerprint density at radius 2 is 1.82 bits per heavy atom. The van der Waals surface area contributed by atoms with Crippen molar-refractivity contribution < 1.29 is 17.6 Å². The number of hydrogen-bond donors (Lipinski definition) is 0. The predicted molar refractivity (Wildman–Crippen MR) is 142 cm³/mol. The van der Waals surface area contributed by atoms with Gasteiger partial charge in [-0.2, -0.15) is 13.2 Å². The molecule has 0 bridgehead atoms. The molecule has 7 nitrogen and oxygen atoms in total. The van der Waals surface area contributed by atoms with Crippen LogP contribution in [0.1, 0.15) is 62.0 Å². The quantitative estimate of drug-likeness (QED) is 0.314. The van der Waals surface area contributed by atoms with Crippen molar-refractivity contribution >= 4 is 5.52 Å². The summed E-state index contributed by atoms with van der Waals surface area (Å²) < 4.78 is 61.2. The molecule has 0 N–H and O–H groups in total. The van der Waals surface area contributed by atoms with Gasteiger partial charge in [-0.3, -0.25) is 13.9 Å². The van der Waals surface area contributed by atoms with Gasteiger partial charge in [-0.25, -0.2) is 9.18 Å². The fourth-order valence-electron chi connectivity index (χ4n) is 6.53. The number of nitrogens with zero attached hydrogens (tertiary/aromatic N) is 6. The fraction of sp³-hybridized carbons (Fsp3) is 0.483. The molecular formula is C29H32F4N6O. The number of hydrogen-bond acceptors (Lipinski definition) is 4. The maximum absolute atomic E-state index is 14.2. The van der Waals surface area contributed by atoms with Gasteiger partial charge in [-0.1, -0.05) is 19.1 Å². The van der Waals surface area contributed by atoms with Crippen molar-refractivity contribution in [1.29, 1.82) is 0 Å². The van der Waals surface area contributed by atoms with Gasteiger partial charge in [0.2, 0.25) is 0 Å². The molecule has 6 rings (SSSR count). The second-order valence-corrected chi connectivity index (χ2v) is 11.9. The lowest BCUT2D eigenvalue weighted by Gasteiger charge is -2.46. The van der Waals surface area contributed by atoms with E-state index in [9.17, 15) is 22.4 Å². The molecule has 4 aromatic rings. The molecule has 1 aliphatic carbocycles. The first-order valence-electron chi connectivity index (χ1n) is 13.6. The number of halogens is 4. The third kappa shape index (κ3) is 4.53. The highest BCUT2D eigenvalue weighted by molar-refractivity contribution is 5.58. The van der Waals surface area contributed by atoms with E-state index in [1.807, 2.05) is 34.7 Å². The van der Waals surface area contributed by atoms with Crippen LogP contribution in [0.2, 0.25) is 0 Å². The lowest BCUT2D eigenvalue weighted by Crippen LogP contribution is -2.43. The van der Waals surface area contributed by atoms with E-state index >= 15 is 0 Å². The summed E-state index contributed by atoms with van der Waals surface area (Å²) in [6, 6.07) is 8.51. The van der Waals surface area contributed by atoms with E-state index in [0.29, 0.717) is 43.1 Å². The molecule has 40 heavy (non-hydrogen) atoms. The van der Waals surface area contributed by atoms with Crippen molar-refractivity contribution in [3.63, 3.8) is 0 Å². The lowest BCUT2D eigenvalue weighted by molar-refractivity contribution is -0.136. The zero-order valence-corrected chi connectivity index (χ0v) is 22.7. The number of likely N-dealkylation sites (tertiary alicyclic amines) is 1. The van der Waals surface area contributed by atoms with Crippen LogP contribution in [0.4, 0.5) is 17.6 Å². The number of piperidine rings is 1. The van der Waals surface area contributed by atoms with E-state index in [1.165, 1.54) is 17.0 Å². The van der Waals surface area contributed by atoms with Crippen LogP contribution in [0, 0.1) is 5.92 Å². The Kier molecular flexibility index (Phi) is 6.21. The van der Waals surface area contributed by atoms with Crippen LogP contribution in [0.3, 0.4) is 0 Å². The number of alkyl halides is 4. The molecule has 2 fully saturated rings. The highest BCUT2D eigenvalue weighted by Crippen LogP contribution is 2.51. The number of rotatable bonds is 5. The van der Waals surface area contributed by atoms with Crippen molar-refractivity contribution in [3.8, 4) is 5.69 Å². The Balaban J connectivity index is 1.41. The smallest absolute Gasteiger partial charge is 0.320 e. The summed E-state index contributed by atoms with van der Waals surface area (Å²) in [5.74, 6) is 1.30. The van der Waals surface area contributed by atoms with Gasteiger partial charge in [-0.15, -0.1) is 10.2 Å². The van der Waals surface area contributed by atoms with Crippen molar-refractivity contribution in [3.05, 3.63) is 82.1 Å². The minimum atomic E-state index is -4.65. The van der Waals surface area contributed by atoms with Crippen LogP contribution in [-0.4, -0.2) is 47.4 Å². The van der Waals surface area contributed by atoms with E-state index in [4.69, 9.17) is 0 Å². The predicted octanol–water partition coefficient (Wildman–Crippen LogP) is 5.28. The van der Waals surface area contributed by atoms with Crippen LogP contribution in [0.5, 0.6) is 0 Å². The molecule has 1 aliphatic heterocycles. The Morgan fingerprint density at radius 1 is 1.10 bits per heavy atom. The lowest BCUT2D eigenvalue weighted by atomic mass is 9.58. The Bertz CT molecular complexity index is 1620. The highest BCUT2D eigenvalue weighted by Gasteiger charge is 2.48. The van der Waals surface area contributed by atoms with Crippen molar-refractivity contribution in [2.45, 2.75) is 63.3 Å². The molecule has 0 radical (unpaired) electrons. The maximum Gasteiger partial charge on any atom is 0.418 e. The van der Waals surface area contributed by atoms with Crippen LogP contribution >= 0.6 is 0 Å². The molecule has 4 heterocycles. The average Bonchev–Trinajstić information content (AvgIpc) is 3.45. The molecule has 0 atom stereocenters. The van der Waals surface area contributed by atoms with E-state index in [2.05, 4.69) is 17.1 Å². The number of benzene rings is 1. The normalized spacial score (nSPS) is 23.4. The van der Waals surface area contributed by atoms with Gasteiger partial charge in [0.25, 0.3) is 0 Å². The molecule has 0 unspecified atom stereocenters. The molecule has 2 aliphatic rings. The minimum Gasteiger partial charge on any atom is -0.320 e. The molecule has 11 heteroatoms. The fourth-order valence-corrected chi connectivity index (χ4v) is 6.53. The van der Waals surface area contributed by atoms with Crippen LogP contribution in [0.25, 0.3) is 11.2 Å². The minimum absolute atomic E-state index is 0.207. The Morgan fingerprint density at radius 3 is 2.45 bits per heavy atom. The van der Waals surface area contributed by atoms with Gasteiger partial charge in [0.05, 0.1) is 22.2 Å². The molecular weight excluding hydrogens is 524 g/mol. The topological polar surface area (TPSA) is 60.4 Å². The number of imidazole rings is 1. The van der Waals surface area contributed by atoms with Gasteiger partial charge in [0.1, 0.15) is 17.8 Å². The van der Waals surface area contributed by atoms with Crippen molar-refractivity contribution in [1.82, 2.24) is 28.6 Å². The summed E-state index contributed by atoms with van der Waals surface area (Å²) in [7, 11) is 1.89. The van der Waals surface area contributed by atoms with Gasteiger partial charge >= 0.3 is 11.9 Å². The standard InChI is InChI=1S/C29H32F4N6O/c1-19-13-28(14-19,25-35-34-18-36(25)3)21-5-4-6-22(12-21)38-17-24-23(29(31,32)33)11-20(16-39(24)26(38)40)15-37-9-7-27(2,30)8-10-37/h4-6,11-12,16-19H,7-10,13-15H2,1-3H3. The molecule has 0 spiro atoms. The van der Waals surface area contributed by atoms with Gasteiger partial charge in [0, 0.05) is 39.1 Å². The Hall–Kier alpha value is -3.47. The summed E-state index contributed by atoms with van der Waals surface area (Å²) in [4.78, 5) is 15.5. The van der Waals surface area contributed by atoms with Gasteiger partial charge in [0.15, 0.2) is 0 Å². The second-order valence-electron chi connectivity index (χ2n) is 11.9. The SMILES string of the molecule is CC1CC(c2cccc(-n3cc4c(C(F)(F)F)cc(CN5CCC(C)(F)CC5)cn4c3=O)c2)(c2nncn2C)C1. The van der Waals surface area contributed by atoms with Crippen molar-refractivity contribution in [2.75, 3.05) is 13.1 Å². The second kappa shape index (κ2) is 9.29. The van der Waals surface area contributed by atoms with E-state index in [0.717, 1.165) is 34.7 Å². The molecule has 1 aromatic carbocycles. The summed E-state index contributed by atoms with van der Waals surface area (Å²) >= 11 is 0. The third-order valence-corrected chi connectivity index (χ3v) is 8.64. The number of pyridine rings is 1.